The molecular formula is C25H23FN2O2S2. The lowest BCUT2D eigenvalue weighted by Crippen LogP contribution is -2.34. The number of rotatable bonds is 4. The summed E-state index contributed by atoms with van der Waals surface area (Å²) in [5.74, 6) is 1.59. The Morgan fingerprint density at radius 3 is 2.59 bits per heavy atom. The summed E-state index contributed by atoms with van der Waals surface area (Å²) in [7, 11) is 0. The maximum Gasteiger partial charge on any atom is 0.308 e. The molecule has 1 aromatic heterocycles. The Bertz CT molecular complexity index is 1220. The predicted octanol–water partition coefficient (Wildman–Crippen LogP) is 5.34. The topological polar surface area (TPSA) is 51.1 Å². The second kappa shape index (κ2) is 7.89. The number of thiazole rings is 1. The number of hydrogen-bond acceptors (Lipinski definition) is 4. The number of aromatic nitrogens is 1. The first-order valence-corrected chi connectivity index (χ1v) is 12.8. The van der Waals surface area contributed by atoms with E-state index in [4.69, 9.17) is 0 Å². The van der Waals surface area contributed by atoms with E-state index in [2.05, 4.69) is 29.6 Å². The number of carbonyl (C=O) groups excluding carboxylic acids is 1. The Kier molecular flexibility index (Phi) is 4.99. The van der Waals surface area contributed by atoms with Crippen molar-refractivity contribution in [1.29, 1.82) is 0 Å². The molecule has 0 spiro atoms. The third kappa shape index (κ3) is 3.33. The van der Waals surface area contributed by atoms with E-state index in [0.717, 1.165) is 15.8 Å². The summed E-state index contributed by atoms with van der Waals surface area (Å²) in [5.41, 5.74) is 1.80. The Balaban J connectivity index is 1.35. The van der Waals surface area contributed by atoms with E-state index < -0.39 is 0 Å². The molecule has 3 aliphatic rings. The minimum absolute atomic E-state index is 0.0258. The van der Waals surface area contributed by atoms with E-state index in [1.54, 1.807) is 4.57 Å². The summed E-state index contributed by atoms with van der Waals surface area (Å²) in [4.78, 5) is 26.8. The van der Waals surface area contributed by atoms with Crippen LogP contribution in [0.2, 0.25) is 0 Å². The summed E-state index contributed by atoms with van der Waals surface area (Å²) in [6.07, 6.45) is 3.85. The molecule has 2 aliphatic carbocycles. The smallest absolute Gasteiger partial charge is 0.308 e. The molecule has 0 saturated heterocycles. The van der Waals surface area contributed by atoms with E-state index in [0.29, 0.717) is 22.8 Å². The van der Waals surface area contributed by atoms with Crippen LogP contribution in [-0.2, 0) is 11.3 Å². The first kappa shape index (κ1) is 20.2. The molecule has 0 unspecified atom stereocenters. The van der Waals surface area contributed by atoms with Gasteiger partial charge in [0.2, 0.25) is 5.91 Å². The van der Waals surface area contributed by atoms with Crippen molar-refractivity contribution in [2.45, 2.75) is 42.0 Å². The number of carbonyl (C=O) groups is 1. The lowest BCUT2D eigenvalue weighted by molar-refractivity contribution is -0.116. The zero-order valence-electron chi connectivity index (χ0n) is 17.4. The molecule has 5 atom stereocenters. The molecule has 7 heteroatoms. The van der Waals surface area contributed by atoms with Gasteiger partial charge in [-0.25, -0.2) is 4.39 Å². The van der Waals surface area contributed by atoms with Gasteiger partial charge in [0.15, 0.2) is 0 Å². The van der Waals surface area contributed by atoms with Gasteiger partial charge in [-0.3, -0.25) is 14.2 Å². The van der Waals surface area contributed by atoms with Crippen molar-refractivity contribution in [2.75, 3.05) is 5.32 Å². The number of halogens is 1. The molecule has 2 saturated carbocycles. The maximum absolute atomic E-state index is 13.2. The maximum atomic E-state index is 13.2. The molecule has 2 fully saturated rings. The molecule has 0 radical (unpaired) electrons. The third-order valence-electron chi connectivity index (χ3n) is 7.28. The molecule has 2 bridgehead atoms. The molecule has 6 rings (SSSR count). The Hall–Kier alpha value is -2.38. The van der Waals surface area contributed by atoms with E-state index in [-0.39, 0.29) is 29.1 Å². The van der Waals surface area contributed by atoms with Crippen LogP contribution in [0, 0.1) is 23.6 Å². The van der Waals surface area contributed by atoms with Crippen LogP contribution in [0.4, 0.5) is 10.1 Å². The van der Waals surface area contributed by atoms with Gasteiger partial charge in [0.05, 0.1) is 5.03 Å². The molecule has 1 N–H and O–H groups in total. The standard InChI is InChI=1S/C25H23FN2O2S2/c26-17-8-10-18(11-9-17)27-19(29)13-28-24-23(32-25(28)30)20(14-4-2-1-3-5-14)21-15-6-7-16(12-15)22(21)31-24/h1-5,8-11,15-16,20-22H,6-7,12-13H2,(H,27,29)/t15-,16-,20-,21-,22+/m0/s1. The van der Waals surface area contributed by atoms with E-state index in [1.807, 2.05) is 17.8 Å². The lowest BCUT2D eigenvalue weighted by Gasteiger charge is -2.40. The SMILES string of the molecule is O=C(Cn1c2c(sc1=O)[C@@H](c1ccccc1)[C@@H]1[C@H]3CC[C@@H](C3)[C@H]1S2)Nc1ccc(F)cc1. The van der Waals surface area contributed by atoms with Crippen molar-refractivity contribution >= 4 is 34.7 Å². The number of anilines is 1. The van der Waals surface area contributed by atoms with E-state index in [9.17, 15) is 14.0 Å². The van der Waals surface area contributed by atoms with Crippen LogP contribution in [-0.4, -0.2) is 15.7 Å². The molecule has 32 heavy (non-hydrogen) atoms. The first-order chi connectivity index (χ1) is 15.6. The first-order valence-electron chi connectivity index (χ1n) is 11.1. The normalized spacial score (nSPS) is 27.7. The summed E-state index contributed by atoms with van der Waals surface area (Å²) < 4.78 is 14.8. The number of nitrogens with one attached hydrogen (secondary N) is 1. The van der Waals surface area contributed by atoms with Crippen LogP contribution < -0.4 is 10.2 Å². The van der Waals surface area contributed by atoms with Gasteiger partial charge >= 0.3 is 4.87 Å². The number of nitrogens with zero attached hydrogens (tertiary/aromatic N) is 1. The van der Waals surface area contributed by atoms with Crippen LogP contribution in [0.1, 0.15) is 35.6 Å². The van der Waals surface area contributed by atoms with E-state index >= 15 is 0 Å². The van der Waals surface area contributed by atoms with Gasteiger partial charge < -0.3 is 5.32 Å². The van der Waals surface area contributed by atoms with Crippen LogP contribution >= 0.6 is 23.1 Å². The van der Waals surface area contributed by atoms with Crippen LogP contribution in [0.25, 0.3) is 0 Å². The fourth-order valence-electron chi connectivity index (χ4n) is 6.00. The van der Waals surface area contributed by atoms with Crippen LogP contribution in [0.15, 0.2) is 64.4 Å². The quantitative estimate of drug-likeness (QED) is 0.565. The van der Waals surface area contributed by atoms with Gasteiger partial charge in [-0.15, -0.1) is 11.8 Å². The third-order valence-corrected chi connectivity index (χ3v) is 10.1. The number of fused-ring (bicyclic) bond motifs is 6. The van der Waals surface area contributed by atoms with Gasteiger partial charge in [-0.05, 0) is 66.8 Å². The summed E-state index contributed by atoms with van der Waals surface area (Å²) in [6, 6.07) is 16.2. The summed E-state index contributed by atoms with van der Waals surface area (Å²) in [6.45, 7) is -0.0258. The van der Waals surface area contributed by atoms with Crippen molar-refractivity contribution in [3.05, 3.63) is 80.5 Å². The number of thioether (sulfide) groups is 1. The summed E-state index contributed by atoms with van der Waals surface area (Å²) in [5, 5.41) is 4.26. The van der Waals surface area contributed by atoms with Crippen LogP contribution in [0.3, 0.4) is 0 Å². The van der Waals surface area contributed by atoms with E-state index in [1.165, 1.54) is 60.4 Å². The predicted molar refractivity (Wildman–Crippen MR) is 126 cm³/mol. The molecule has 1 amide bonds. The van der Waals surface area contributed by atoms with Gasteiger partial charge in [0.25, 0.3) is 0 Å². The largest absolute Gasteiger partial charge is 0.325 e. The summed E-state index contributed by atoms with van der Waals surface area (Å²) >= 11 is 3.13. The molecule has 3 aromatic rings. The average Bonchev–Trinajstić information content (AvgIpc) is 3.49. The van der Waals surface area contributed by atoms with Crippen molar-refractivity contribution in [3.63, 3.8) is 0 Å². The number of amides is 1. The van der Waals surface area contributed by atoms with Crippen molar-refractivity contribution in [3.8, 4) is 0 Å². The molecule has 4 nitrogen and oxygen atoms in total. The zero-order valence-corrected chi connectivity index (χ0v) is 19.0. The number of hydrogen-bond donors (Lipinski definition) is 1. The minimum Gasteiger partial charge on any atom is -0.325 e. The highest BCUT2D eigenvalue weighted by Gasteiger charge is 2.55. The van der Waals surface area contributed by atoms with Gasteiger partial charge in [-0.1, -0.05) is 41.7 Å². The molecule has 2 heterocycles. The van der Waals surface area contributed by atoms with Gasteiger partial charge in [0, 0.05) is 21.7 Å². The molecular weight excluding hydrogens is 443 g/mol. The second-order valence-electron chi connectivity index (χ2n) is 9.06. The fraction of sp³-hybridized carbons (Fsp3) is 0.360. The van der Waals surface area contributed by atoms with Crippen molar-refractivity contribution < 1.29 is 9.18 Å². The average molecular weight is 467 g/mol. The highest BCUT2D eigenvalue weighted by atomic mass is 32.2. The highest BCUT2D eigenvalue weighted by molar-refractivity contribution is 8.00. The minimum atomic E-state index is -0.352. The fourth-order valence-corrected chi connectivity index (χ4v) is 9.15. The Morgan fingerprint density at radius 1 is 1.06 bits per heavy atom. The van der Waals surface area contributed by atoms with Crippen LogP contribution in [0.5, 0.6) is 0 Å². The highest BCUT2D eigenvalue weighted by Crippen LogP contribution is 2.63. The zero-order chi connectivity index (χ0) is 21.8. The Morgan fingerprint density at radius 2 is 1.81 bits per heavy atom. The molecule has 164 valence electrons. The molecule has 2 aromatic carbocycles. The Labute approximate surface area is 193 Å². The van der Waals surface area contributed by atoms with Crippen molar-refractivity contribution in [2.24, 2.45) is 17.8 Å². The monoisotopic (exact) mass is 466 g/mol. The molecule has 1 aliphatic heterocycles. The van der Waals surface area contributed by atoms with Gasteiger partial charge in [-0.2, -0.15) is 0 Å². The number of benzene rings is 2. The second-order valence-corrected chi connectivity index (χ2v) is 11.2. The lowest BCUT2D eigenvalue weighted by atomic mass is 9.75. The van der Waals surface area contributed by atoms with Crippen molar-refractivity contribution in [1.82, 2.24) is 4.57 Å². The van der Waals surface area contributed by atoms with Gasteiger partial charge in [0.1, 0.15) is 12.4 Å².